The van der Waals surface area contributed by atoms with Crippen LogP contribution < -0.4 is 0 Å². The number of benzene rings is 1. The van der Waals surface area contributed by atoms with Crippen LogP contribution in [-0.4, -0.2) is 32.3 Å². The van der Waals surface area contributed by atoms with Crippen LogP contribution in [0.2, 0.25) is 5.02 Å². The molecule has 0 aromatic heterocycles. The van der Waals surface area contributed by atoms with Gasteiger partial charge in [-0.3, -0.25) is 4.79 Å². The van der Waals surface area contributed by atoms with Gasteiger partial charge in [-0.05, 0) is 43.9 Å². The average molecular weight is 336 g/mol. The van der Waals surface area contributed by atoms with E-state index in [0.29, 0.717) is 5.56 Å². The van der Waals surface area contributed by atoms with E-state index >= 15 is 0 Å². The lowest BCUT2D eigenvalue weighted by molar-refractivity contribution is 0.0652. The molecule has 2 rings (SSSR count). The maximum Gasteiger partial charge on any atom is 0.261 e. The summed E-state index contributed by atoms with van der Waals surface area (Å²) in [6, 6.07) is 3.00. The number of carbonyl (C=O) groups excluding carboxylic acids is 1. The number of hydrogen-bond acceptors (Lipinski definition) is 3. The summed E-state index contributed by atoms with van der Waals surface area (Å²) >= 11 is 6.01. The molecule has 1 amide bonds. The lowest BCUT2D eigenvalue weighted by Crippen LogP contribution is -2.41. The SMILES string of the molecule is Cc1c(Cl)cc(C(=O)N(C)C2CCC2)cc1S(=O)(=O)Cl. The standard InChI is InChI=1S/C13H15Cl2NO3S/c1-8-11(14)6-9(7-12(8)20(15,18)19)13(17)16(2)10-4-3-5-10/h6-7,10H,3-5H2,1-2H3. The average Bonchev–Trinajstić information content (AvgIpc) is 2.27. The zero-order valence-corrected chi connectivity index (χ0v) is 13.5. The summed E-state index contributed by atoms with van der Waals surface area (Å²) in [5.74, 6) is -0.238. The van der Waals surface area contributed by atoms with E-state index in [9.17, 15) is 13.2 Å². The molecule has 1 aromatic rings. The van der Waals surface area contributed by atoms with E-state index < -0.39 is 9.05 Å². The molecule has 0 bridgehead atoms. The van der Waals surface area contributed by atoms with Crippen LogP contribution in [0.4, 0.5) is 0 Å². The van der Waals surface area contributed by atoms with Gasteiger partial charge < -0.3 is 4.90 Å². The number of carbonyl (C=O) groups is 1. The monoisotopic (exact) mass is 335 g/mol. The Morgan fingerprint density at radius 2 is 1.95 bits per heavy atom. The van der Waals surface area contributed by atoms with Crippen LogP contribution in [-0.2, 0) is 9.05 Å². The third-order valence-corrected chi connectivity index (χ3v) is 5.59. The van der Waals surface area contributed by atoms with E-state index in [4.69, 9.17) is 22.3 Å². The molecular formula is C13H15Cl2NO3S. The third-order valence-electron chi connectivity index (χ3n) is 3.75. The minimum atomic E-state index is -3.93. The first-order valence-corrected chi connectivity index (χ1v) is 8.92. The number of nitrogens with zero attached hydrogens (tertiary/aromatic N) is 1. The highest BCUT2D eigenvalue weighted by Crippen LogP contribution is 2.30. The number of hydrogen-bond donors (Lipinski definition) is 0. The Hall–Kier alpha value is -0.780. The van der Waals surface area contributed by atoms with E-state index in [1.807, 2.05) is 0 Å². The Morgan fingerprint density at radius 1 is 1.35 bits per heavy atom. The first-order chi connectivity index (χ1) is 9.21. The first-order valence-electron chi connectivity index (χ1n) is 6.24. The maximum absolute atomic E-state index is 12.4. The van der Waals surface area contributed by atoms with Crippen LogP contribution in [0.3, 0.4) is 0 Å². The second-order valence-electron chi connectivity index (χ2n) is 5.02. The summed E-state index contributed by atoms with van der Waals surface area (Å²) in [6.45, 7) is 1.56. The number of halogens is 2. The molecule has 1 aliphatic rings. The molecule has 110 valence electrons. The second-order valence-corrected chi connectivity index (χ2v) is 7.96. The summed E-state index contributed by atoms with van der Waals surface area (Å²) in [5.41, 5.74) is 0.596. The molecule has 7 heteroatoms. The molecule has 1 aromatic carbocycles. The molecule has 0 N–H and O–H groups in total. The molecule has 0 unspecified atom stereocenters. The Kier molecular flexibility index (Phi) is 4.33. The van der Waals surface area contributed by atoms with E-state index in [2.05, 4.69) is 0 Å². The van der Waals surface area contributed by atoms with Crippen LogP contribution in [0.5, 0.6) is 0 Å². The van der Waals surface area contributed by atoms with Gasteiger partial charge in [0.1, 0.15) is 0 Å². The fourth-order valence-electron chi connectivity index (χ4n) is 2.17. The Labute approximate surface area is 128 Å². The largest absolute Gasteiger partial charge is 0.339 e. The van der Waals surface area contributed by atoms with Gasteiger partial charge >= 0.3 is 0 Å². The maximum atomic E-state index is 12.4. The summed E-state index contributed by atoms with van der Waals surface area (Å²) in [4.78, 5) is 13.9. The van der Waals surface area contributed by atoms with Gasteiger partial charge in [-0.15, -0.1) is 0 Å². The van der Waals surface area contributed by atoms with Crippen molar-refractivity contribution < 1.29 is 13.2 Å². The lowest BCUT2D eigenvalue weighted by atomic mass is 9.91. The van der Waals surface area contributed by atoms with Crippen LogP contribution in [0, 0.1) is 6.92 Å². The van der Waals surface area contributed by atoms with Gasteiger partial charge in [-0.2, -0.15) is 0 Å². The van der Waals surface area contributed by atoms with E-state index in [1.54, 1.807) is 18.9 Å². The number of rotatable bonds is 3. The smallest absolute Gasteiger partial charge is 0.261 e. The van der Waals surface area contributed by atoms with Gasteiger partial charge in [0.2, 0.25) is 0 Å². The topological polar surface area (TPSA) is 54.5 Å². The molecule has 4 nitrogen and oxygen atoms in total. The molecule has 20 heavy (non-hydrogen) atoms. The van der Waals surface area contributed by atoms with Crippen molar-refractivity contribution in [2.75, 3.05) is 7.05 Å². The Bertz CT molecular complexity index is 654. The minimum Gasteiger partial charge on any atom is -0.339 e. The molecule has 1 saturated carbocycles. The molecule has 1 aliphatic carbocycles. The second kappa shape index (κ2) is 5.54. The predicted molar refractivity (Wildman–Crippen MR) is 79.0 cm³/mol. The van der Waals surface area contributed by atoms with Gasteiger partial charge in [0.05, 0.1) is 4.90 Å². The van der Waals surface area contributed by atoms with Crippen molar-refractivity contribution in [3.05, 3.63) is 28.3 Å². The van der Waals surface area contributed by atoms with Gasteiger partial charge in [-0.25, -0.2) is 8.42 Å². The lowest BCUT2D eigenvalue weighted by Gasteiger charge is -2.34. The highest BCUT2D eigenvalue weighted by molar-refractivity contribution is 8.13. The van der Waals surface area contributed by atoms with E-state index in [1.165, 1.54) is 12.1 Å². The molecule has 0 spiro atoms. The van der Waals surface area contributed by atoms with Crippen molar-refractivity contribution in [2.24, 2.45) is 0 Å². The number of amides is 1. The fraction of sp³-hybridized carbons (Fsp3) is 0.462. The zero-order chi connectivity index (χ0) is 15.1. The van der Waals surface area contributed by atoms with Gasteiger partial charge in [0, 0.05) is 34.4 Å². The van der Waals surface area contributed by atoms with Gasteiger partial charge in [-0.1, -0.05) is 11.6 Å². The first kappa shape index (κ1) is 15.6. The van der Waals surface area contributed by atoms with Crippen molar-refractivity contribution in [1.29, 1.82) is 0 Å². The summed E-state index contributed by atoms with van der Waals surface area (Å²) < 4.78 is 23.1. The van der Waals surface area contributed by atoms with E-state index in [0.717, 1.165) is 19.3 Å². The summed E-state index contributed by atoms with van der Waals surface area (Å²) in [6.07, 6.45) is 3.06. The van der Waals surface area contributed by atoms with E-state index in [-0.39, 0.29) is 27.4 Å². The molecular weight excluding hydrogens is 321 g/mol. The Balaban J connectivity index is 2.42. The van der Waals surface area contributed by atoms with Crippen molar-refractivity contribution in [2.45, 2.75) is 37.1 Å². The van der Waals surface area contributed by atoms with Gasteiger partial charge in [0.15, 0.2) is 0 Å². The molecule has 0 radical (unpaired) electrons. The van der Waals surface area contributed by atoms with Crippen molar-refractivity contribution in [1.82, 2.24) is 4.90 Å². The van der Waals surface area contributed by atoms with Crippen LogP contribution in [0.1, 0.15) is 35.2 Å². The quantitative estimate of drug-likeness (QED) is 0.797. The normalized spacial score (nSPS) is 15.8. The van der Waals surface area contributed by atoms with Gasteiger partial charge in [0.25, 0.3) is 15.0 Å². The zero-order valence-electron chi connectivity index (χ0n) is 11.2. The van der Waals surface area contributed by atoms with Crippen molar-refractivity contribution in [3.8, 4) is 0 Å². The fourth-order valence-corrected chi connectivity index (χ4v) is 3.67. The van der Waals surface area contributed by atoms with Crippen molar-refractivity contribution >= 4 is 37.2 Å². The summed E-state index contributed by atoms with van der Waals surface area (Å²) in [7, 11) is 3.17. The predicted octanol–water partition coefficient (Wildman–Crippen LogP) is 3.20. The highest BCUT2D eigenvalue weighted by Gasteiger charge is 2.28. The molecule has 0 saturated heterocycles. The van der Waals surface area contributed by atoms with Crippen LogP contribution in [0.25, 0.3) is 0 Å². The highest BCUT2D eigenvalue weighted by atomic mass is 35.7. The van der Waals surface area contributed by atoms with Crippen molar-refractivity contribution in [3.63, 3.8) is 0 Å². The third kappa shape index (κ3) is 2.95. The molecule has 1 fully saturated rings. The molecule has 0 aliphatic heterocycles. The Morgan fingerprint density at radius 3 is 2.40 bits per heavy atom. The summed E-state index contributed by atoms with van der Waals surface area (Å²) in [5, 5.41) is 0.220. The molecule has 0 heterocycles. The minimum absolute atomic E-state index is 0.114. The van der Waals surface area contributed by atoms with Crippen LogP contribution >= 0.6 is 22.3 Å². The molecule has 0 atom stereocenters. The van der Waals surface area contributed by atoms with Crippen LogP contribution in [0.15, 0.2) is 17.0 Å².